The summed E-state index contributed by atoms with van der Waals surface area (Å²) in [5.74, 6) is 0. The van der Waals surface area contributed by atoms with Gasteiger partial charge in [-0.15, -0.1) is 22.7 Å². The molecule has 1 unspecified atom stereocenters. The molecule has 2 heterocycles. The minimum atomic E-state index is 0.125. The lowest BCUT2D eigenvalue weighted by Gasteiger charge is -2.08. The van der Waals surface area contributed by atoms with Crippen molar-refractivity contribution in [2.45, 2.75) is 25.8 Å². The van der Waals surface area contributed by atoms with Gasteiger partial charge in [0.15, 0.2) is 0 Å². The Labute approximate surface area is 112 Å². The van der Waals surface area contributed by atoms with E-state index >= 15 is 0 Å². The molecule has 2 rings (SSSR count). The first-order chi connectivity index (χ1) is 7.70. The average molecular weight is 316 g/mol. The summed E-state index contributed by atoms with van der Waals surface area (Å²) in [6, 6.07) is 6.55. The summed E-state index contributed by atoms with van der Waals surface area (Å²) in [5, 5.41) is 2.10. The SMILES string of the molecule is CCc1ccc(C(N)Cc2sccc2Br)s1. The number of hydrogen-bond acceptors (Lipinski definition) is 3. The van der Waals surface area contributed by atoms with Gasteiger partial charge in [0.1, 0.15) is 0 Å². The monoisotopic (exact) mass is 315 g/mol. The molecule has 2 N–H and O–H groups in total. The normalized spacial score (nSPS) is 12.9. The van der Waals surface area contributed by atoms with Crippen molar-refractivity contribution in [3.8, 4) is 0 Å². The van der Waals surface area contributed by atoms with Gasteiger partial charge in [0.25, 0.3) is 0 Å². The first kappa shape index (κ1) is 12.3. The Bertz CT molecular complexity index is 461. The number of nitrogens with two attached hydrogens (primary N) is 1. The lowest BCUT2D eigenvalue weighted by molar-refractivity contribution is 0.743. The lowest BCUT2D eigenvalue weighted by Crippen LogP contribution is -2.11. The largest absolute Gasteiger partial charge is 0.323 e. The molecule has 0 bridgehead atoms. The van der Waals surface area contributed by atoms with Crippen molar-refractivity contribution in [2.24, 2.45) is 5.73 Å². The van der Waals surface area contributed by atoms with Crippen molar-refractivity contribution in [2.75, 3.05) is 0 Å². The number of hydrogen-bond donors (Lipinski definition) is 1. The first-order valence-corrected chi connectivity index (χ1v) is 7.75. The van der Waals surface area contributed by atoms with Crippen molar-refractivity contribution < 1.29 is 0 Å². The minimum absolute atomic E-state index is 0.125. The molecule has 0 aliphatic heterocycles. The van der Waals surface area contributed by atoms with E-state index in [1.165, 1.54) is 19.1 Å². The zero-order chi connectivity index (χ0) is 11.5. The Morgan fingerprint density at radius 1 is 1.38 bits per heavy atom. The van der Waals surface area contributed by atoms with E-state index in [1.807, 2.05) is 11.3 Å². The molecular formula is C12H14BrNS2. The van der Waals surface area contributed by atoms with Crippen LogP contribution in [0.4, 0.5) is 0 Å². The summed E-state index contributed by atoms with van der Waals surface area (Å²) in [7, 11) is 0. The van der Waals surface area contributed by atoms with Gasteiger partial charge in [-0.1, -0.05) is 6.92 Å². The van der Waals surface area contributed by atoms with Crippen LogP contribution in [-0.4, -0.2) is 0 Å². The van der Waals surface area contributed by atoms with E-state index in [1.54, 1.807) is 11.3 Å². The van der Waals surface area contributed by atoms with Gasteiger partial charge in [0.05, 0.1) is 0 Å². The first-order valence-electron chi connectivity index (χ1n) is 5.26. The quantitative estimate of drug-likeness (QED) is 0.890. The molecule has 86 valence electrons. The number of rotatable bonds is 4. The van der Waals surface area contributed by atoms with Crippen molar-refractivity contribution in [3.63, 3.8) is 0 Å². The summed E-state index contributed by atoms with van der Waals surface area (Å²) >= 11 is 7.14. The molecule has 0 aliphatic carbocycles. The maximum atomic E-state index is 6.22. The van der Waals surface area contributed by atoms with E-state index < -0.39 is 0 Å². The molecule has 16 heavy (non-hydrogen) atoms. The smallest absolute Gasteiger partial charge is 0.0439 e. The molecule has 1 atom stereocenters. The molecule has 1 nitrogen and oxygen atoms in total. The number of halogens is 1. The maximum absolute atomic E-state index is 6.22. The van der Waals surface area contributed by atoms with Crippen molar-refractivity contribution in [1.82, 2.24) is 0 Å². The molecule has 0 radical (unpaired) electrons. The Hall–Kier alpha value is -0.160. The van der Waals surface area contributed by atoms with Crippen LogP contribution >= 0.6 is 38.6 Å². The van der Waals surface area contributed by atoms with Gasteiger partial charge >= 0.3 is 0 Å². The predicted molar refractivity (Wildman–Crippen MR) is 76.3 cm³/mol. The van der Waals surface area contributed by atoms with Gasteiger partial charge in [-0.2, -0.15) is 0 Å². The molecule has 0 aliphatic rings. The van der Waals surface area contributed by atoms with Crippen LogP contribution in [0.25, 0.3) is 0 Å². The van der Waals surface area contributed by atoms with E-state index in [4.69, 9.17) is 5.73 Å². The van der Waals surface area contributed by atoms with E-state index in [0.29, 0.717) is 0 Å². The summed E-state index contributed by atoms with van der Waals surface area (Å²) in [6.07, 6.45) is 2.02. The molecule has 0 fully saturated rings. The fourth-order valence-corrected chi connectivity index (χ4v) is 4.08. The highest BCUT2D eigenvalue weighted by Gasteiger charge is 2.12. The fourth-order valence-electron chi connectivity index (χ4n) is 1.55. The Kier molecular flexibility index (Phi) is 4.19. The standard InChI is InChI=1S/C12H14BrNS2/c1-2-8-3-4-11(16-8)10(14)7-12-9(13)5-6-15-12/h3-6,10H,2,7,14H2,1H3. The highest BCUT2D eigenvalue weighted by atomic mass is 79.9. The van der Waals surface area contributed by atoms with E-state index in [9.17, 15) is 0 Å². The molecule has 0 aromatic carbocycles. The summed E-state index contributed by atoms with van der Waals surface area (Å²) in [6.45, 7) is 2.18. The molecule has 2 aromatic heterocycles. The van der Waals surface area contributed by atoms with Gasteiger partial charge < -0.3 is 5.73 Å². The van der Waals surface area contributed by atoms with Gasteiger partial charge in [-0.25, -0.2) is 0 Å². The van der Waals surface area contributed by atoms with Crippen molar-refractivity contribution >= 4 is 38.6 Å². The van der Waals surface area contributed by atoms with Crippen LogP contribution < -0.4 is 5.73 Å². The van der Waals surface area contributed by atoms with E-state index in [-0.39, 0.29) is 6.04 Å². The Balaban J connectivity index is 2.08. The summed E-state index contributed by atoms with van der Waals surface area (Å²) < 4.78 is 1.18. The van der Waals surface area contributed by atoms with Crippen LogP contribution in [0.5, 0.6) is 0 Å². The van der Waals surface area contributed by atoms with Gasteiger partial charge in [-0.05, 0) is 45.9 Å². The second kappa shape index (κ2) is 5.45. The summed E-state index contributed by atoms with van der Waals surface area (Å²) in [4.78, 5) is 4.03. The Morgan fingerprint density at radius 3 is 2.75 bits per heavy atom. The van der Waals surface area contributed by atoms with E-state index in [0.717, 1.165) is 12.8 Å². The van der Waals surface area contributed by atoms with Crippen LogP contribution in [-0.2, 0) is 12.8 Å². The minimum Gasteiger partial charge on any atom is -0.323 e. The second-order valence-electron chi connectivity index (χ2n) is 3.66. The van der Waals surface area contributed by atoms with Gasteiger partial charge in [0.2, 0.25) is 0 Å². The van der Waals surface area contributed by atoms with Crippen LogP contribution in [0.3, 0.4) is 0 Å². The fraction of sp³-hybridized carbons (Fsp3) is 0.333. The third kappa shape index (κ3) is 2.74. The second-order valence-corrected chi connectivity index (χ2v) is 6.71. The maximum Gasteiger partial charge on any atom is 0.0439 e. The summed E-state index contributed by atoms with van der Waals surface area (Å²) in [5.41, 5.74) is 6.22. The molecule has 2 aromatic rings. The Morgan fingerprint density at radius 2 is 2.19 bits per heavy atom. The molecule has 0 saturated heterocycles. The van der Waals surface area contributed by atoms with Crippen LogP contribution in [0, 0.1) is 0 Å². The topological polar surface area (TPSA) is 26.0 Å². The molecule has 0 amide bonds. The molecule has 0 saturated carbocycles. The highest BCUT2D eigenvalue weighted by molar-refractivity contribution is 9.10. The van der Waals surface area contributed by atoms with Crippen LogP contribution in [0.2, 0.25) is 0 Å². The third-order valence-corrected chi connectivity index (χ3v) is 5.80. The lowest BCUT2D eigenvalue weighted by atomic mass is 10.1. The van der Waals surface area contributed by atoms with E-state index in [2.05, 4.69) is 46.4 Å². The van der Waals surface area contributed by atoms with Gasteiger partial charge in [0, 0.05) is 31.6 Å². The number of thiophene rings is 2. The predicted octanol–water partition coefficient (Wildman–Crippen LogP) is 4.38. The van der Waals surface area contributed by atoms with Crippen LogP contribution in [0.1, 0.15) is 27.6 Å². The zero-order valence-electron chi connectivity index (χ0n) is 9.07. The highest BCUT2D eigenvalue weighted by Crippen LogP contribution is 2.30. The average Bonchev–Trinajstić information content (AvgIpc) is 2.88. The van der Waals surface area contributed by atoms with Crippen LogP contribution in [0.15, 0.2) is 28.1 Å². The van der Waals surface area contributed by atoms with Gasteiger partial charge in [-0.3, -0.25) is 0 Å². The van der Waals surface area contributed by atoms with Crippen molar-refractivity contribution in [1.29, 1.82) is 0 Å². The molecule has 0 spiro atoms. The molecular weight excluding hydrogens is 302 g/mol. The number of aryl methyl sites for hydroxylation is 1. The third-order valence-electron chi connectivity index (χ3n) is 2.49. The van der Waals surface area contributed by atoms with Crippen molar-refractivity contribution in [3.05, 3.63) is 42.7 Å². The molecule has 4 heteroatoms. The zero-order valence-corrected chi connectivity index (χ0v) is 12.3.